The fraction of sp³-hybridized carbons (Fsp3) is 0.0952. The van der Waals surface area contributed by atoms with Gasteiger partial charge in [-0.2, -0.15) is 0 Å². The minimum Gasteiger partial charge on any atom is -0.350 e. The summed E-state index contributed by atoms with van der Waals surface area (Å²) in [6.45, 7) is 0.292. The summed E-state index contributed by atoms with van der Waals surface area (Å²) in [5.41, 5.74) is 2.27. The van der Waals surface area contributed by atoms with Crippen molar-refractivity contribution < 1.29 is 14.4 Å². The molecule has 0 saturated heterocycles. The lowest BCUT2D eigenvalue weighted by molar-refractivity contribution is -0.116. The molecule has 0 bridgehead atoms. The fourth-order valence-corrected chi connectivity index (χ4v) is 3.17. The molecule has 4 rings (SSSR count). The van der Waals surface area contributed by atoms with Crippen molar-refractivity contribution in [2.24, 2.45) is 0 Å². The molecule has 0 saturated carbocycles. The predicted molar refractivity (Wildman–Crippen MR) is 100 cm³/mol. The first-order valence-corrected chi connectivity index (χ1v) is 8.57. The monoisotopic (exact) mass is 359 g/mol. The third kappa shape index (κ3) is 3.25. The zero-order valence-electron chi connectivity index (χ0n) is 14.5. The van der Waals surface area contributed by atoms with Crippen LogP contribution in [0.5, 0.6) is 0 Å². The van der Waals surface area contributed by atoms with Crippen LogP contribution in [0.4, 0.5) is 5.69 Å². The van der Waals surface area contributed by atoms with E-state index in [0.717, 1.165) is 10.5 Å². The van der Waals surface area contributed by atoms with Crippen molar-refractivity contribution in [2.45, 2.75) is 6.54 Å². The Labute approximate surface area is 156 Å². The summed E-state index contributed by atoms with van der Waals surface area (Å²) >= 11 is 0. The van der Waals surface area contributed by atoms with Crippen LogP contribution in [-0.4, -0.2) is 33.7 Å². The Kier molecular flexibility index (Phi) is 4.30. The highest BCUT2D eigenvalue weighted by Crippen LogP contribution is 2.22. The van der Waals surface area contributed by atoms with E-state index in [1.807, 2.05) is 47.3 Å². The van der Waals surface area contributed by atoms with E-state index in [1.165, 1.54) is 0 Å². The largest absolute Gasteiger partial charge is 0.350 e. The molecule has 0 unspecified atom stereocenters. The number of anilines is 1. The summed E-state index contributed by atoms with van der Waals surface area (Å²) in [5.74, 6) is -1.29. The summed E-state index contributed by atoms with van der Waals surface area (Å²) in [4.78, 5) is 38.3. The van der Waals surface area contributed by atoms with Crippen molar-refractivity contribution in [3.05, 3.63) is 89.7 Å². The molecule has 0 atom stereocenters. The molecule has 6 nitrogen and oxygen atoms in total. The molecule has 1 aromatic heterocycles. The lowest BCUT2D eigenvalue weighted by Gasteiger charge is -2.15. The summed E-state index contributed by atoms with van der Waals surface area (Å²) in [6, 6.07) is 17.9. The molecule has 0 spiro atoms. The molecule has 6 heteroatoms. The van der Waals surface area contributed by atoms with Gasteiger partial charge in [-0.15, -0.1) is 0 Å². The second-order valence-electron chi connectivity index (χ2n) is 6.30. The highest BCUT2D eigenvalue weighted by atomic mass is 16.2. The van der Waals surface area contributed by atoms with Gasteiger partial charge in [0.25, 0.3) is 11.8 Å². The highest BCUT2D eigenvalue weighted by Gasteiger charge is 2.36. The zero-order chi connectivity index (χ0) is 18.8. The van der Waals surface area contributed by atoms with E-state index in [0.29, 0.717) is 23.4 Å². The molecule has 2 heterocycles. The van der Waals surface area contributed by atoms with Crippen LogP contribution in [0.2, 0.25) is 0 Å². The van der Waals surface area contributed by atoms with E-state index in [1.54, 1.807) is 30.3 Å². The number of nitrogens with zero attached hydrogens (tertiary/aromatic N) is 2. The first-order chi connectivity index (χ1) is 13.1. The van der Waals surface area contributed by atoms with E-state index in [9.17, 15) is 14.4 Å². The molecule has 27 heavy (non-hydrogen) atoms. The molecule has 134 valence electrons. The van der Waals surface area contributed by atoms with Crippen LogP contribution >= 0.6 is 0 Å². The van der Waals surface area contributed by atoms with Gasteiger partial charge in [-0.25, -0.2) is 0 Å². The van der Waals surface area contributed by atoms with Gasteiger partial charge < -0.3 is 9.88 Å². The van der Waals surface area contributed by atoms with Crippen LogP contribution in [0.1, 0.15) is 26.3 Å². The van der Waals surface area contributed by atoms with E-state index < -0.39 is 17.7 Å². The molecule has 0 fully saturated rings. The molecule has 1 aliphatic rings. The number of carbonyl (C=O) groups excluding carboxylic acids is 3. The van der Waals surface area contributed by atoms with Crippen molar-refractivity contribution in [1.82, 2.24) is 9.47 Å². The average Bonchev–Trinajstić information content (AvgIpc) is 3.27. The second kappa shape index (κ2) is 6.92. The van der Waals surface area contributed by atoms with Gasteiger partial charge >= 0.3 is 0 Å². The van der Waals surface area contributed by atoms with Gasteiger partial charge in [-0.05, 0) is 35.9 Å². The zero-order valence-corrected chi connectivity index (χ0v) is 14.5. The van der Waals surface area contributed by atoms with Gasteiger partial charge in [0.1, 0.15) is 6.54 Å². The number of carbonyl (C=O) groups is 3. The van der Waals surface area contributed by atoms with Gasteiger partial charge in [0.2, 0.25) is 5.91 Å². The Morgan fingerprint density at radius 1 is 0.815 bits per heavy atom. The molecule has 0 aliphatic carbocycles. The van der Waals surface area contributed by atoms with Crippen LogP contribution in [0.3, 0.4) is 0 Å². The average molecular weight is 359 g/mol. The number of imide groups is 1. The molecule has 2 aromatic carbocycles. The lowest BCUT2D eigenvalue weighted by Crippen LogP contribution is -2.37. The Bertz CT molecular complexity index is 990. The van der Waals surface area contributed by atoms with Gasteiger partial charge in [0.05, 0.1) is 11.1 Å². The lowest BCUT2D eigenvalue weighted by atomic mass is 10.1. The predicted octanol–water partition coefficient (Wildman–Crippen LogP) is 2.77. The van der Waals surface area contributed by atoms with Crippen LogP contribution in [-0.2, 0) is 11.3 Å². The van der Waals surface area contributed by atoms with Gasteiger partial charge in [-0.3, -0.25) is 19.3 Å². The topological polar surface area (TPSA) is 71.4 Å². The number of hydrogen-bond donors (Lipinski definition) is 1. The van der Waals surface area contributed by atoms with Crippen molar-refractivity contribution in [3.63, 3.8) is 0 Å². The van der Waals surface area contributed by atoms with Crippen LogP contribution in [0.15, 0.2) is 73.1 Å². The van der Waals surface area contributed by atoms with E-state index >= 15 is 0 Å². The maximum Gasteiger partial charge on any atom is 0.262 e. The molecule has 3 aromatic rings. The normalized spacial score (nSPS) is 13.0. The maximum atomic E-state index is 12.5. The van der Waals surface area contributed by atoms with E-state index in [-0.39, 0.29) is 6.54 Å². The number of hydrogen-bond acceptors (Lipinski definition) is 3. The first kappa shape index (κ1) is 16.8. The quantitative estimate of drug-likeness (QED) is 0.712. The molecular formula is C21H17N3O3. The van der Waals surface area contributed by atoms with Crippen molar-refractivity contribution in [3.8, 4) is 0 Å². The molecular weight excluding hydrogens is 342 g/mol. The standard InChI is InChI=1S/C21H17N3O3/c25-19(14-24-20(26)16-8-2-3-9-17(16)21(24)27)22-18-10-4-1-7-15(18)13-23-11-5-6-12-23/h1-12H,13-14H2,(H,22,25). The van der Waals surface area contributed by atoms with Crippen molar-refractivity contribution in [1.29, 1.82) is 0 Å². The van der Waals surface area contributed by atoms with Crippen LogP contribution in [0, 0.1) is 0 Å². The SMILES string of the molecule is O=C(CN1C(=O)c2ccccc2C1=O)Nc1ccccc1Cn1cccc1. The Morgan fingerprint density at radius 3 is 2.07 bits per heavy atom. The Hall–Kier alpha value is -3.67. The number of nitrogens with one attached hydrogen (secondary N) is 1. The van der Waals surface area contributed by atoms with Gasteiger partial charge in [0.15, 0.2) is 0 Å². The molecule has 0 radical (unpaired) electrons. The third-order valence-corrected chi connectivity index (χ3v) is 4.49. The first-order valence-electron chi connectivity index (χ1n) is 8.57. The summed E-state index contributed by atoms with van der Waals surface area (Å²) in [6.07, 6.45) is 3.88. The highest BCUT2D eigenvalue weighted by molar-refractivity contribution is 6.22. The van der Waals surface area contributed by atoms with Gasteiger partial charge in [-0.1, -0.05) is 30.3 Å². The molecule has 1 N–H and O–H groups in total. The minimum absolute atomic E-state index is 0.315. The Balaban J connectivity index is 1.48. The van der Waals surface area contributed by atoms with Crippen LogP contribution in [0.25, 0.3) is 0 Å². The molecule has 3 amide bonds. The maximum absolute atomic E-state index is 12.5. The number of para-hydroxylation sites is 1. The van der Waals surface area contributed by atoms with E-state index in [2.05, 4.69) is 5.32 Å². The summed E-state index contributed by atoms with van der Waals surface area (Å²) in [5, 5.41) is 2.82. The van der Waals surface area contributed by atoms with Crippen molar-refractivity contribution in [2.75, 3.05) is 11.9 Å². The number of rotatable bonds is 5. The van der Waals surface area contributed by atoms with E-state index in [4.69, 9.17) is 0 Å². The Morgan fingerprint density at radius 2 is 1.41 bits per heavy atom. The third-order valence-electron chi connectivity index (χ3n) is 4.49. The number of fused-ring (bicyclic) bond motifs is 1. The smallest absolute Gasteiger partial charge is 0.262 e. The minimum atomic E-state index is -0.439. The summed E-state index contributed by atoms with van der Waals surface area (Å²) in [7, 11) is 0. The fourth-order valence-electron chi connectivity index (χ4n) is 3.17. The number of benzene rings is 2. The van der Waals surface area contributed by atoms with Gasteiger partial charge in [0, 0.05) is 24.6 Å². The second-order valence-corrected chi connectivity index (χ2v) is 6.30. The number of aromatic nitrogens is 1. The molecule has 1 aliphatic heterocycles. The summed E-state index contributed by atoms with van der Waals surface area (Å²) < 4.78 is 2.00. The number of amides is 3. The van der Waals surface area contributed by atoms with Crippen LogP contribution < -0.4 is 5.32 Å². The van der Waals surface area contributed by atoms with Crippen molar-refractivity contribution >= 4 is 23.4 Å².